The fourth-order valence-corrected chi connectivity index (χ4v) is 3.12. The summed E-state index contributed by atoms with van der Waals surface area (Å²) in [5, 5.41) is 2.91. The third kappa shape index (κ3) is 2.71. The van der Waals surface area contributed by atoms with Crippen LogP contribution in [-0.2, 0) is 5.54 Å². The molecule has 0 amide bonds. The van der Waals surface area contributed by atoms with E-state index in [1.807, 2.05) is 26.0 Å². The molecule has 0 atom stereocenters. The summed E-state index contributed by atoms with van der Waals surface area (Å²) >= 11 is 7.69. The highest BCUT2D eigenvalue weighted by atomic mass is 35.5. The number of rotatable bonds is 2. The van der Waals surface area contributed by atoms with Crippen LogP contribution in [0.4, 0.5) is 0 Å². The van der Waals surface area contributed by atoms with Gasteiger partial charge in [-0.15, -0.1) is 11.3 Å². The molecule has 0 radical (unpaired) electrons. The first-order chi connectivity index (χ1) is 7.88. The predicted molar refractivity (Wildman–Crippen MR) is 76.7 cm³/mol. The Hall–Kier alpha value is -0.830. The van der Waals surface area contributed by atoms with Crippen molar-refractivity contribution in [3.8, 4) is 10.4 Å². The quantitative estimate of drug-likeness (QED) is 0.846. The topological polar surface area (TPSA) is 26.0 Å². The van der Waals surface area contributed by atoms with Gasteiger partial charge in [0.05, 0.1) is 0 Å². The molecule has 0 saturated heterocycles. The molecular formula is C14H16ClNS. The largest absolute Gasteiger partial charge is 0.322 e. The molecule has 3 heteroatoms. The lowest BCUT2D eigenvalue weighted by Gasteiger charge is -2.16. The van der Waals surface area contributed by atoms with Crippen LogP contribution in [0.2, 0.25) is 5.02 Å². The molecule has 0 fully saturated rings. The van der Waals surface area contributed by atoms with E-state index >= 15 is 0 Å². The zero-order valence-electron chi connectivity index (χ0n) is 10.3. The van der Waals surface area contributed by atoms with E-state index in [2.05, 4.69) is 24.4 Å². The van der Waals surface area contributed by atoms with Crippen LogP contribution in [0.5, 0.6) is 0 Å². The van der Waals surface area contributed by atoms with E-state index in [1.165, 1.54) is 21.6 Å². The number of hydrogen-bond donors (Lipinski definition) is 1. The molecule has 2 N–H and O–H groups in total. The molecule has 0 saturated carbocycles. The lowest BCUT2D eigenvalue weighted by Crippen LogP contribution is -2.27. The molecule has 17 heavy (non-hydrogen) atoms. The first kappa shape index (κ1) is 12.6. The molecule has 1 aromatic heterocycles. The summed E-state index contributed by atoms with van der Waals surface area (Å²) in [6.45, 7) is 6.12. The van der Waals surface area contributed by atoms with Crippen molar-refractivity contribution in [3.05, 3.63) is 45.8 Å². The number of nitrogens with two attached hydrogens (primary N) is 1. The van der Waals surface area contributed by atoms with E-state index in [9.17, 15) is 0 Å². The molecule has 0 aliphatic carbocycles. The Morgan fingerprint density at radius 1 is 1.24 bits per heavy atom. The third-order valence-corrected chi connectivity index (χ3v) is 4.00. The SMILES string of the molecule is Cc1cc(Cl)ccc1-c1cc(C(C)(C)N)cs1. The molecular weight excluding hydrogens is 250 g/mol. The summed E-state index contributed by atoms with van der Waals surface area (Å²) in [6, 6.07) is 8.15. The minimum Gasteiger partial charge on any atom is -0.322 e. The van der Waals surface area contributed by atoms with Gasteiger partial charge in [-0.25, -0.2) is 0 Å². The first-order valence-corrected chi connectivity index (χ1v) is 6.78. The lowest BCUT2D eigenvalue weighted by atomic mass is 9.97. The number of thiophene rings is 1. The van der Waals surface area contributed by atoms with Crippen LogP contribution in [0, 0.1) is 6.92 Å². The van der Waals surface area contributed by atoms with E-state index in [0.29, 0.717) is 0 Å². The average molecular weight is 266 g/mol. The van der Waals surface area contributed by atoms with E-state index in [0.717, 1.165) is 5.02 Å². The van der Waals surface area contributed by atoms with Gasteiger partial charge in [0.15, 0.2) is 0 Å². The molecule has 0 bridgehead atoms. The Morgan fingerprint density at radius 3 is 2.47 bits per heavy atom. The van der Waals surface area contributed by atoms with Gasteiger partial charge < -0.3 is 5.73 Å². The molecule has 0 spiro atoms. The second kappa shape index (κ2) is 4.45. The smallest absolute Gasteiger partial charge is 0.0409 e. The van der Waals surface area contributed by atoms with Crippen molar-refractivity contribution in [1.29, 1.82) is 0 Å². The molecule has 2 rings (SSSR count). The number of benzene rings is 1. The molecule has 90 valence electrons. The van der Waals surface area contributed by atoms with Crippen LogP contribution in [0.15, 0.2) is 29.6 Å². The maximum atomic E-state index is 6.10. The average Bonchev–Trinajstić information content (AvgIpc) is 2.65. The number of halogens is 1. The standard InChI is InChI=1S/C14H16ClNS/c1-9-6-11(15)4-5-12(9)13-7-10(8-17-13)14(2,3)16/h4-8H,16H2,1-3H3. The van der Waals surface area contributed by atoms with Crippen LogP contribution in [0.25, 0.3) is 10.4 Å². The van der Waals surface area contributed by atoms with Crippen molar-refractivity contribution in [2.24, 2.45) is 5.73 Å². The Balaban J connectivity index is 2.44. The van der Waals surface area contributed by atoms with Crippen molar-refractivity contribution in [1.82, 2.24) is 0 Å². The highest BCUT2D eigenvalue weighted by Crippen LogP contribution is 2.33. The van der Waals surface area contributed by atoms with Crippen molar-refractivity contribution >= 4 is 22.9 Å². The third-order valence-electron chi connectivity index (χ3n) is 2.80. The summed E-state index contributed by atoms with van der Waals surface area (Å²) in [4.78, 5) is 1.24. The maximum Gasteiger partial charge on any atom is 0.0409 e. The molecule has 2 aromatic rings. The number of hydrogen-bond acceptors (Lipinski definition) is 2. The second-order valence-corrected chi connectivity index (χ2v) is 6.23. The van der Waals surface area contributed by atoms with Gasteiger partial charge in [-0.2, -0.15) is 0 Å². The van der Waals surface area contributed by atoms with Gasteiger partial charge in [0.1, 0.15) is 0 Å². The van der Waals surface area contributed by atoms with Crippen LogP contribution in [-0.4, -0.2) is 0 Å². The fourth-order valence-electron chi connectivity index (χ4n) is 1.72. The van der Waals surface area contributed by atoms with E-state index in [1.54, 1.807) is 11.3 Å². The summed E-state index contributed by atoms with van der Waals surface area (Å²) < 4.78 is 0. The van der Waals surface area contributed by atoms with Crippen LogP contribution in [0.1, 0.15) is 25.0 Å². The molecule has 1 heterocycles. The Morgan fingerprint density at radius 2 is 1.94 bits per heavy atom. The molecule has 1 nitrogen and oxygen atoms in total. The first-order valence-electron chi connectivity index (χ1n) is 5.52. The Labute approximate surface area is 111 Å². The van der Waals surface area contributed by atoms with Crippen molar-refractivity contribution < 1.29 is 0 Å². The minimum absolute atomic E-state index is 0.283. The molecule has 1 aromatic carbocycles. The van der Waals surface area contributed by atoms with Crippen molar-refractivity contribution in [2.75, 3.05) is 0 Å². The summed E-state index contributed by atoms with van der Waals surface area (Å²) in [7, 11) is 0. The van der Waals surface area contributed by atoms with Gasteiger partial charge in [0, 0.05) is 15.4 Å². The zero-order chi connectivity index (χ0) is 12.6. The highest BCUT2D eigenvalue weighted by molar-refractivity contribution is 7.13. The van der Waals surface area contributed by atoms with Crippen molar-refractivity contribution in [3.63, 3.8) is 0 Å². The van der Waals surface area contributed by atoms with Crippen LogP contribution >= 0.6 is 22.9 Å². The van der Waals surface area contributed by atoms with Gasteiger partial charge in [-0.05, 0) is 61.0 Å². The van der Waals surface area contributed by atoms with E-state index in [-0.39, 0.29) is 5.54 Å². The summed E-state index contributed by atoms with van der Waals surface area (Å²) in [6.07, 6.45) is 0. The van der Waals surface area contributed by atoms with Gasteiger partial charge in [-0.1, -0.05) is 17.7 Å². The zero-order valence-corrected chi connectivity index (χ0v) is 11.8. The molecule has 0 aliphatic heterocycles. The maximum absolute atomic E-state index is 6.10. The highest BCUT2D eigenvalue weighted by Gasteiger charge is 2.16. The summed E-state index contributed by atoms with van der Waals surface area (Å²) in [5.41, 5.74) is 9.41. The second-order valence-electron chi connectivity index (χ2n) is 4.88. The van der Waals surface area contributed by atoms with E-state index < -0.39 is 0 Å². The summed E-state index contributed by atoms with van der Waals surface area (Å²) in [5.74, 6) is 0. The monoisotopic (exact) mass is 265 g/mol. The lowest BCUT2D eigenvalue weighted by molar-refractivity contribution is 0.557. The molecule has 0 aliphatic rings. The van der Waals surface area contributed by atoms with E-state index in [4.69, 9.17) is 17.3 Å². The van der Waals surface area contributed by atoms with Gasteiger partial charge >= 0.3 is 0 Å². The number of aryl methyl sites for hydroxylation is 1. The Bertz CT molecular complexity index is 537. The van der Waals surface area contributed by atoms with Crippen molar-refractivity contribution in [2.45, 2.75) is 26.3 Å². The predicted octanol–water partition coefficient (Wildman–Crippen LogP) is 4.57. The normalized spacial score (nSPS) is 11.8. The fraction of sp³-hybridized carbons (Fsp3) is 0.286. The van der Waals surface area contributed by atoms with Gasteiger partial charge in [-0.3, -0.25) is 0 Å². The Kier molecular flexibility index (Phi) is 3.30. The van der Waals surface area contributed by atoms with Gasteiger partial charge in [0.2, 0.25) is 0 Å². The molecule has 0 unspecified atom stereocenters. The minimum atomic E-state index is -0.283. The van der Waals surface area contributed by atoms with Crippen LogP contribution < -0.4 is 5.73 Å². The van der Waals surface area contributed by atoms with Crippen LogP contribution in [0.3, 0.4) is 0 Å². The van der Waals surface area contributed by atoms with Gasteiger partial charge in [0.25, 0.3) is 0 Å².